The summed E-state index contributed by atoms with van der Waals surface area (Å²) in [5, 5.41) is 10.9. The van der Waals surface area contributed by atoms with Crippen molar-refractivity contribution in [2.75, 3.05) is 13.7 Å². The van der Waals surface area contributed by atoms with E-state index in [-0.39, 0.29) is 29.2 Å². The van der Waals surface area contributed by atoms with Crippen molar-refractivity contribution in [3.63, 3.8) is 0 Å². The molecule has 0 aliphatic rings. The summed E-state index contributed by atoms with van der Waals surface area (Å²) < 4.78 is 48.2. The summed E-state index contributed by atoms with van der Waals surface area (Å²) in [6, 6.07) is 8.79. The van der Waals surface area contributed by atoms with Gasteiger partial charge in [-0.3, -0.25) is 9.78 Å². The van der Waals surface area contributed by atoms with Crippen LogP contribution in [0.4, 0.5) is 13.2 Å². The van der Waals surface area contributed by atoms with E-state index in [1.54, 1.807) is 6.92 Å². The van der Waals surface area contributed by atoms with Gasteiger partial charge in [-0.2, -0.15) is 13.2 Å². The Bertz CT molecular complexity index is 1240. The zero-order valence-electron chi connectivity index (χ0n) is 21.7. The summed E-state index contributed by atoms with van der Waals surface area (Å²) in [5.41, 5.74) is 2.46. The van der Waals surface area contributed by atoms with Crippen LogP contribution in [0.3, 0.4) is 0 Å². The van der Waals surface area contributed by atoms with Crippen molar-refractivity contribution in [1.82, 2.24) is 25.3 Å². The minimum Gasteiger partial charge on any atom is -0.483 e. The zero-order chi connectivity index (χ0) is 28.1. The fourth-order valence-electron chi connectivity index (χ4n) is 3.52. The number of alkyl halides is 3. The number of ether oxygens (including phenoxy) is 2. The van der Waals surface area contributed by atoms with E-state index in [2.05, 4.69) is 41.4 Å². The van der Waals surface area contributed by atoms with Crippen LogP contribution in [0, 0.1) is 0 Å². The summed E-state index contributed by atoms with van der Waals surface area (Å²) in [6.07, 6.45) is -1.82. The third kappa shape index (κ3) is 7.77. The number of aromatic nitrogens is 4. The van der Waals surface area contributed by atoms with Gasteiger partial charge < -0.3 is 14.8 Å². The predicted molar refractivity (Wildman–Crippen MR) is 131 cm³/mol. The summed E-state index contributed by atoms with van der Waals surface area (Å²) in [7, 11) is 1.25. The molecule has 3 rings (SSSR count). The van der Waals surface area contributed by atoms with Crippen LogP contribution in [0.2, 0.25) is 0 Å². The number of carbonyl (C=O) groups excluding carboxylic acids is 2. The fourth-order valence-corrected chi connectivity index (χ4v) is 3.52. The molecule has 0 saturated heterocycles. The molecule has 1 N–H and O–H groups in total. The van der Waals surface area contributed by atoms with Crippen LogP contribution < -0.4 is 10.1 Å². The number of nitrogens with zero attached hydrogens (tertiary/aromatic N) is 4. The minimum atomic E-state index is -4.49. The lowest BCUT2D eigenvalue weighted by atomic mass is 9.86. The SMILES string of the molecule is COC(=O)C(C)n1cc([C@@H](NC(=O)Cc2ccc(C(C)(C)C)cc2)c2ccc(OCC(F)(F)F)cn2)nn1. The lowest BCUT2D eigenvalue weighted by Crippen LogP contribution is -2.31. The maximum atomic E-state index is 13.0. The number of hydrogen-bond acceptors (Lipinski definition) is 7. The summed E-state index contributed by atoms with van der Waals surface area (Å²) in [6.45, 7) is 6.41. The Hall–Kier alpha value is -3.96. The Morgan fingerprint density at radius 1 is 1.05 bits per heavy atom. The summed E-state index contributed by atoms with van der Waals surface area (Å²) >= 11 is 0. The van der Waals surface area contributed by atoms with Crippen molar-refractivity contribution in [2.45, 2.75) is 57.8 Å². The fraction of sp³-hybridized carbons (Fsp3) is 0.423. The highest BCUT2D eigenvalue weighted by molar-refractivity contribution is 5.79. The Morgan fingerprint density at radius 3 is 2.29 bits per heavy atom. The molecule has 0 bridgehead atoms. The van der Waals surface area contributed by atoms with E-state index < -0.39 is 30.8 Å². The quantitative estimate of drug-likeness (QED) is 0.413. The second-order valence-electron chi connectivity index (χ2n) is 9.77. The Balaban J connectivity index is 1.83. The van der Waals surface area contributed by atoms with Crippen molar-refractivity contribution in [3.8, 4) is 5.75 Å². The van der Waals surface area contributed by atoms with Crippen molar-refractivity contribution < 1.29 is 32.2 Å². The molecule has 0 fully saturated rings. The first-order valence-electron chi connectivity index (χ1n) is 11.8. The number of amides is 1. The van der Waals surface area contributed by atoms with E-state index in [4.69, 9.17) is 9.47 Å². The van der Waals surface area contributed by atoms with Gasteiger partial charge in [0.05, 0.1) is 31.6 Å². The van der Waals surface area contributed by atoms with E-state index in [1.165, 1.54) is 30.1 Å². The summed E-state index contributed by atoms with van der Waals surface area (Å²) in [4.78, 5) is 29.1. The van der Waals surface area contributed by atoms with Gasteiger partial charge in [-0.15, -0.1) is 5.10 Å². The van der Waals surface area contributed by atoms with Crippen molar-refractivity contribution >= 4 is 11.9 Å². The highest BCUT2D eigenvalue weighted by Gasteiger charge is 2.29. The molecule has 12 heteroatoms. The van der Waals surface area contributed by atoms with Gasteiger partial charge in [-0.1, -0.05) is 50.3 Å². The number of nitrogens with one attached hydrogen (secondary N) is 1. The Kier molecular flexibility index (Phi) is 8.74. The van der Waals surface area contributed by atoms with Crippen LogP contribution in [-0.2, 0) is 26.2 Å². The van der Waals surface area contributed by atoms with Crippen LogP contribution >= 0.6 is 0 Å². The zero-order valence-corrected chi connectivity index (χ0v) is 21.7. The lowest BCUT2D eigenvalue weighted by Gasteiger charge is -2.19. The van der Waals surface area contributed by atoms with E-state index in [9.17, 15) is 22.8 Å². The third-order valence-electron chi connectivity index (χ3n) is 5.71. The van der Waals surface area contributed by atoms with E-state index in [1.807, 2.05) is 24.3 Å². The number of carbonyl (C=O) groups is 2. The molecular formula is C26H30F3N5O4. The number of halogens is 3. The van der Waals surface area contributed by atoms with Crippen LogP contribution in [0.15, 0.2) is 48.8 Å². The first-order chi connectivity index (χ1) is 17.8. The molecule has 1 amide bonds. The van der Waals surface area contributed by atoms with E-state index >= 15 is 0 Å². The average molecular weight is 534 g/mol. The standard InChI is InChI=1S/C26H30F3N5O4/c1-16(24(36)37-5)34-14-21(32-33-34)23(20-11-10-19(13-30-20)38-15-26(27,28)29)31-22(35)12-17-6-8-18(9-7-17)25(2,3)4/h6-11,13-14,16,23H,12,15H2,1-5H3,(H,31,35)/t16?,23-/m0/s1. The maximum absolute atomic E-state index is 13.0. The second-order valence-corrected chi connectivity index (χ2v) is 9.77. The van der Waals surface area contributed by atoms with Crippen molar-refractivity contribution in [2.24, 2.45) is 0 Å². The van der Waals surface area contributed by atoms with Gasteiger partial charge >= 0.3 is 12.1 Å². The Morgan fingerprint density at radius 2 is 1.74 bits per heavy atom. The minimum absolute atomic E-state index is 0.0271. The molecule has 1 aromatic carbocycles. The van der Waals surface area contributed by atoms with Gasteiger partial charge in [-0.25, -0.2) is 9.48 Å². The molecule has 2 heterocycles. The van der Waals surface area contributed by atoms with E-state index in [0.717, 1.165) is 17.3 Å². The van der Waals surface area contributed by atoms with Crippen molar-refractivity contribution in [3.05, 3.63) is 71.3 Å². The highest BCUT2D eigenvalue weighted by atomic mass is 19.4. The predicted octanol–water partition coefficient (Wildman–Crippen LogP) is 4.09. The first-order valence-corrected chi connectivity index (χ1v) is 11.8. The van der Waals surface area contributed by atoms with Gasteiger partial charge in [0.2, 0.25) is 5.91 Å². The molecule has 0 saturated carbocycles. The molecule has 38 heavy (non-hydrogen) atoms. The molecule has 9 nitrogen and oxygen atoms in total. The largest absolute Gasteiger partial charge is 0.483 e. The molecule has 204 valence electrons. The van der Waals surface area contributed by atoms with Gasteiger partial charge in [-0.05, 0) is 35.6 Å². The first kappa shape index (κ1) is 28.6. The van der Waals surface area contributed by atoms with E-state index in [0.29, 0.717) is 5.69 Å². The number of benzene rings is 1. The van der Waals surface area contributed by atoms with Crippen LogP contribution in [0.25, 0.3) is 0 Å². The van der Waals surface area contributed by atoms with Crippen LogP contribution in [0.5, 0.6) is 5.75 Å². The number of hydrogen-bond donors (Lipinski definition) is 1. The Labute approximate surface area is 218 Å². The molecule has 0 aliphatic carbocycles. The van der Waals surface area contributed by atoms with Gasteiger partial charge in [0.15, 0.2) is 6.61 Å². The second kappa shape index (κ2) is 11.6. The van der Waals surface area contributed by atoms with Gasteiger partial charge in [0.25, 0.3) is 0 Å². The third-order valence-corrected chi connectivity index (χ3v) is 5.71. The number of methoxy groups -OCH3 is 1. The maximum Gasteiger partial charge on any atom is 0.422 e. The van der Waals surface area contributed by atoms with Gasteiger partial charge in [0.1, 0.15) is 23.5 Å². The molecule has 3 aromatic rings. The monoisotopic (exact) mass is 533 g/mol. The van der Waals surface area contributed by atoms with Crippen molar-refractivity contribution in [1.29, 1.82) is 0 Å². The van der Waals surface area contributed by atoms with Crippen LogP contribution in [0.1, 0.15) is 62.3 Å². The topological polar surface area (TPSA) is 108 Å². The molecule has 0 spiro atoms. The normalized spacial score (nSPS) is 13.5. The molecule has 1 unspecified atom stereocenters. The average Bonchev–Trinajstić information content (AvgIpc) is 3.35. The molecular weight excluding hydrogens is 503 g/mol. The highest BCUT2D eigenvalue weighted by Crippen LogP contribution is 2.24. The molecule has 2 aromatic heterocycles. The lowest BCUT2D eigenvalue weighted by molar-refractivity contribution is -0.153. The molecule has 0 radical (unpaired) electrons. The summed E-state index contributed by atoms with van der Waals surface area (Å²) in [5.74, 6) is -0.962. The smallest absolute Gasteiger partial charge is 0.422 e. The molecule has 2 atom stereocenters. The van der Waals surface area contributed by atoms with Crippen LogP contribution in [-0.4, -0.2) is 51.7 Å². The number of pyridine rings is 1. The number of esters is 1. The molecule has 0 aliphatic heterocycles. The number of rotatable bonds is 9. The van der Waals surface area contributed by atoms with Gasteiger partial charge in [0, 0.05) is 0 Å².